The number of fused-ring (bicyclic) bond motifs is 1. The molecule has 0 bridgehead atoms. The number of aromatic nitrogens is 5. The van der Waals surface area contributed by atoms with Crippen molar-refractivity contribution in [2.75, 3.05) is 5.32 Å². The largest absolute Gasteiger partial charge is 0.478 e. The number of anilines is 1. The van der Waals surface area contributed by atoms with E-state index in [0.717, 1.165) is 11.3 Å². The number of carboxylic acids is 1. The van der Waals surface area contributed by atoms with Crippen molar-refractivity contribution in [1.82, 2.24) is 25.6 Å². The van der Waals surface area contributed by atoms with Gasteiger partial charge in [-0.15, -0.1) is 10.2 Å². The number of H-pyrrole nitrogens is 1. The number of carboxylic acid groups (broad SMARTS) is 1. The van der Waals surface area contributed by atoms with Crippen LogP contribution in [0.2, 0.25) is 0 Å². The third kappa shape index (κ3) is 3.63. The number of hydrogen-bond acceptors (Lipinski definition) is 7. The maximum absolute atomic E-state index is 11.6. The van der Waals surface area contributed by atoms with Crippen LogP contribution in [0.25, 0.3) is 27.7 Å². The molecule has 0 aliphatic rings. The van der Waals surface area contributed by atoms with Gasteiger partial charge in [-0.2, -0.15) is 10.5 Å². The number of benzene rings is 2. The Labute approximate surface area is 164 Å². The predicted octanol–water partition coefficient (Wildman–Crippen LogP) is 3.09. The lowest BCUT2D eigenvalue weighted by Crippen LogP contribution is -2.00. The molecule has 0 saturated heterocycles. The summed E-state index contributed by atoms with van der Waals surface area (Å²) in [5.41, 5.74) is 3.11. The molecule has 9 heteroatoms. The summed E-state index contributed by atoms with van der Waals surface area (Å²) >= 11 is 0. The van der Waals surface area contributed by atoms with Gasteiger partial charge in [0.1, 0.15) is 11.6 Å². The number of nitrogens with zero attached hydrogens (tertiary/aromatic N) is 5. The summed E-state index contributed by atoms with van der Waals surface area (Å²) in [6.07, 6.45) is 1.48. The molecule has 140 valence electrons. The van der Waals surface area contributed by atoms with Crippen LogP contribution in [-0.2, 0) is 0 Å². The quantitative estimate of drug-likeness (QED) is 0.447. The smallest absolute Gasteiger partial charge is 0.336 e. The van der Waals surface area contributed by atoms with Gasteiger partial charge in [-0.25, -0.2) is 9.78 Å². The first-order valence-electron chi connectivity index (χ1n) is 8.50. The van der Waals surface area contributed by atoms with E-state index in [1.54, 1.807) is 36.4 Å². The predicted molar refractivity (Wildman–Crippen MR) is 106 cm³/mol. The minimum absolute atomic E-state index is 0.193. The molecule has 4 rings (SSSR count). The van der Waals surface area contributed by atoms with E-state index in [-0.39, 0.29) is 17.0 Å². The lowest BCUT2D eigenvalue weighted by Gasteiger charge is -2.08. The zero-order chi connectivity index (χ0) is 20.2. The number of pyridine rings is 1. The fraction of sp³-hybridized carbons (Fsp3) is 0. The van der Waals surface area contributed by atoms with Gasteiger partial charge in [0.05, 0.1) is 16.8 Å². The number of rotatable bonds is 5. The van der Waals surface area contributed by atoms with Crippen molar-refractivity contribution in [3.8, 4) is 17.3 Å². The molecule has 0 unspecified atom stereocenters. The maximum Gasteiger partial charge on any atom is 0.336 e. The monoisotopic (exact) mass is 383 g/mol. The summed E-state index contributed by atoms with van der Waals surface area (Å²) in [5, 5.41) is 35.6. The van der Waals surface area contributed by atoms with Crippen LogP contribution in [0.3, 0.4) is 0 Å². The Balaban J connectivity index is 1.63. The zero-order valence-corrected chi connectivity index (χ0v) is 14.9. The first-order chi connectivity index (χ1) is 14.2. The van der Waals surface area contributed by atoms with E-state index in [0.29, 0.717) is 16.6 Å². The average molecular weight is 383 g/mol. The zero-order valence-electron chi connectivity index (χ0n) is 14.9. The Bertz CT molecular complexity index is 1260. The first-order valence-corrected chi connectivity index (χ1v) is 8.50. The molecule has 4 aromatic rings. The molecule has 0 atom stereocenters. The van der Waals surface area contributed by atoms with E-state index in [2.05, 4.69) is 30.9 Å². The maximum atomic E-state index is 11.6. The van der Waals surface area contributed by atoms with Crippen LogP contribution in [0.15, 0.2) is 60.8 Å². The van der Waals surface area contributed by atoms with E-state index in [1.165, 1.54) is 6.20 Å². The number of nitriles is 1. The van der Waals surface area contributed by atoms with E-state index in [1.807, 2.05) is 24.3 Å². The van der Waals surface area contributed by atoms with Crippen LogP contribution in [0.5, 0.6) is 0 Å². The Morgan fingerprint density at radius 2 is 1.97 bits per heavy atom. The van der Waals surface area contributed by atoms with Crippen molar-refractivity contribution in [3.05, 3.63) is 72.2 Å². The first kappa shape index (κ1) is 17.8. The van der Waals surface area contributed by atoms with Gasteiger partial charge in [0.15, 0.2) is 0 Å². The number of allylic oxidation sites excluding steroid dienone is 1. The molecule has 0 spiro atoms. The number of aromatic amines is 1. The van der Waals surface area contributed by atoms with Crippen LogP contribution in [0, 0.1) is 11.3 Å². The van der Waals surface area contributed by atoms with Crippen LogP contribution >= 0.6 is 0 Å². The number of carbonyl (C=O) groups is 1. The molecule has 29 heavy (non-hydrogen) atoms. The van der Waals surface area contributed by atoms with Gasteiger partial charge in [-0.05, 0) is 29.5 Å². The molecular formula is C20H13N7O2. The van der Waals surface area contributed by atoms with Crippen LogP contribution in [0.4, 0.5) is 5.69 Å². The molecule has 9 nitrogen and oxygen atoms in total. The summed E-state index contributed by atoms with van der Waals surface area (Å²) < 4.78 is 0. The Morgan fingerprint density at radius 1 is 1.17 bits per heavy atom. The second-order valence-corrected chi connectivity index (χ2v) is 6.00. The summed E-state index contributed by atoms with van der Waals surface area (Å²) in [7, 11) is 0. The van der Waals surface area contributed by atoms with Crippen LogP contribution in [0.1, 0.15) is 16.2 Å². The van der Waals surface area contributed by atoms with Gasteiger partial charge >= 0.3 is 5.97 Å². The number of hydrogen-bond donors (Lipinski definition) is 3. The molecule has 0 aliphatic carbocycles. The fourth-order valence-corrected chi connectivity index (χ4v) is 2.82. The number of nitrogens with one attached hydrogen (secondary N) is 2. The molecule has 0 saturated carbocycles. The highest BCUT2D eigenvalue weighted by molar-refractivity contribution is 6.03. The normalized spacial score (nSPS) is 11.2. The minimum Gasteiger partial charge on any atom is -0.478 e. The van der Waals surface area contributed by atoms with Crippen molar-refractivity contribution < 1.29 is 9.90 Å². The molecule has 2 heterocycles. The molecule has 0 fully saturated rings. The SMILES string of the molecule is N#CC(=CNc1ccc(-c2cc(C(=O)O)c3ccccc3n2)cc1)c1nn[nH]n1. The summed E-state index contributed by atoms with van der Waals surface area (Å²) in [6.45, 7) is 0. The van der Waals surface area contributed by atoms with Gasteiger partial charge in [-0.3, -0.25) is 0 Å². The lowest BCUT2D eigenvalue weighted by atomic mass is 10.0. The topological polar surface area (TPSA) is 140 Å². The second kappa shape index (κ2) is 7.58. The van der Waals surface area contributed by atoms with E-state index in [4.69, 9.17) is 0 Å². The van der Waals surface area contributed by atoms with Gasteiger partial charge in [0.25, 0.3) is 0 Å². The third-order valence-corrected chi connectivity index (χ3v) is 4.22. The minimum atomic E-state index is -1.00. The Morgan fingerprint density at radius 3 is 2.66 bits per heavy atom. The molecular weight excluding hydrogens is 370 g/mol. The fourth-order valence-electron chi connectivity index (χ4n) is 2.82. The molecule has 0 amide bonds. The number of aromatic carboxylic acids is 1. The third-order valence-electron chi connectivity index (χ3n) is 4.22. The van der Waals surface area contributed by atoms with E-state index >= 15 is 0 Å². The lowest BCUT2D eigenvalue weighted by molar-refractivity contribution is 0.0699. The van der Waals surface area contributed by atoms with Gasteiger partial charge in [0, 0.05) is 22.8 Å². The highest BCUT2D eigenvalue weighted by Crippen LogP contribution is 2.26. The molecule has 2 aromatic heterocycles. The van der Waals surface area contributed by atoms with Crippen LogP contribution < -0.4 is 5.32 Å². The van der Waals surface area contributed by atoms with Crippen LogP contribution in [-0.4, -0.2) is 36.7 Å². The molecule has 0 aliphatic heterocycles. The number of tetrazole rings is 1. The second-order valence-electron chi connectivity index (χ2n) is 6.00. The van der Waals surface area contributed by atoms with E-state index < -0.39 is 5.97 Å². The molecule has 3 N–H and O–H groups in total. The standard InChI is InChI=1S/C20H13N7O2/c21-10-13(19-24-26-27-25-19)11-22-14-7-5-12(6-8-14)18-9-16(20(28)29)15-3-1-2-4-17(15)23-18/h1-9,11,22H,(H,28,29)(H,24,25,26,27). The van der Waals surface area contributed by atoms with E-state index in [9.17, 15) is 15.2 Å². The number of para-hydroxylation sites is 1. The molecule has 2 aromatic carbocycles. The van der Waals surface area contributed by atoms with Crippen molar-refractivity contribution in [3.63, 3.8) is 0 Å². The molecule has 0 radical (unpaired) electrons. The van der Waals surface area contributed by atoms with Crippen molar-refractivity contribution in [2.24, 2.45) is 0 Å². The van der Waals surface area contributed by atoms with Gasteiger partial charge in [-0.1, -0.05) is 30.3 Å². The van der Waals surface area contributed by atoms with Gasteiger partial charge in [0.2, 0.25) is 5.82 Å². The summed E-state index contributed by atoms with van der Waals surface area (Å²) in [4.78, 5) is 16.2. The highest BCUT2D eigenvalue weighted by atomic mass is 16.4. The average Bonchev–Trinajstić information content (AvgIpc) is 3.28. The highest BCUT2D eigenvalue weighted by Gasteiger charge is 2.12. The Kier molecular flexibility index (Phi) is 4.65. The van der Waals surface area contributed by atoms with Crippen molar-refractivity contribution in [1.29, 1.82) is 5.26 Å². The van der Waals surface area contributed by atoms with Crippen molar-refractivity contribution >= 4 is 28.1 Å². The van der Waals surface area contributed by atoms with Gasteiger partial charge < -0.3 is 10.4 Å². The summed E-state index contributed by atoms with van der Waals surface area (Å²) in [6, 6.07) is 17.9. The summed E-state index contributed by atoms with van der Waals surface area (Å²) in [5.74, 6) is -0.808. The van der Waals surface area contributed by atoms with Crippen molar-refractivity contribution in [2.45, 2.75) is 0 Å². The Hall–Kier alpha value is -4.58.